The van der Waals surface area contributed by atoms with E-state index in [9.17, 15) is 18.0 Å². The van der Waals surface area contributed by atoms with Gasteiger partial charge in [-0.3, -0.25) is 9.59 Å². The Morgan fingerprint density at radius 1 is 0.727 bits per heavy atom. The number of benzene rings is 3. The maximum absolute atomic E-state index is 12.9. The van der Waals surface area contributed by atoms with Crippen LogP contribution in [0.25, 0.3) is 0 Å². The van der Waals surface area contributed by atoms with Gasteiger partial charge in [-0.15, -0.1) is 0 Å². The molecule has 0 unspecified atom stereocenters. The van der Waals surface area contributed by atoms with E-state index in [2.05, 4.69) is 5.32 Å². The molecule has 7 nitrogen and oxygen atoms in total. The number of anilines is 1. The fraction of sp³-hybridized carbons (Fsp3) is 0.200. The van der Waals surface area contributed by atoms with Gasteiger partial charge in [0.2, 0.25) is 10.0 Å². The number of piperazine rings is 1. The van der Waals surface area contributed by atoms with Gasteiger partial charge >= 0.3 is 0 Å². The molecule has 0 bridgehead atoms. The third-order valence-corrected chi connectivity index (χ3v) is 7.39. The Morgan fingerprint density at radius 3 is 1.91 bits per heavy atom. The molecule has 0 saturated carbocycles. The Morgan fingerprint density at radius 2 is 1.30 bits per heavy atom. The summed E-state index contributed by atoms with van der Waals surface area (Å²) in [5.41, 5.74) is 2.39. The molecule has 0 atom stereocenters. The minimum Gasteiger partial charge on any atom is -0.336 e. The third kappa shape index (κ3) is 5.66. The molecular weight excluding hydrogens is 438 g/mol. The van der Waals surface area contributed by atoms with Gasteiger partial charge in [-0.2, -0.15) is 4.31 Å². The number of rotatable bonds is 6. The Hall–Kier alpha value is -3.49. The molecule has 0 aliphatic carbocycles. The zero-order valence-electron chi connectivity index (χ0n) is 18.1. The van der Waals surface area contributed by atoms with Crippen molar-refractivity contribution in [2.24, 2.45) is 0 Å². The van der Waals surface area contributed by atoms with Gasteiger partial charge < -0.3 is 10.2 Å². The van der Waals surface area contributed by atoms with Crippen molar-refractivity contribution in [3.8, 4) is 0 Å². The number of carbonyl (C=O) groups excluding carboxylic acids is 2. The highest BCUT2D eigenvalue weighted by Crippen LogP contribution is 2.17. The number of hydrogen-bond acceptors (Lipinski definition) is 4. The SMILES string of the molecule is O=C(Nc1ccc(C(=O)N2CCN(S(=O)(=O)Cc3ccccc3)CC2)cc1)c1ccccc1. The van der Waals surface area contributed by atoms with Crippen LogP contribution in [0.2, 0.25) is 0 Å². The summed E-state index contributed by atoms with van der Waals surface area (Å²) in [5, 5.41) is 2.81. The maximum atomic E-state index is 12.9. The van der Waals surface area contributed by atoms with Gasteiger partial charge in [0.15, 0.2) is 0 Å². The summed E-state index contributed by atoms with van der Waals surface area (Å²) in [7, 11) is -3.44. The number of nitrogens with zero attached hydrogens (tertiary/aromatic N) is 2. The first-order valence-corrected chi connectivity index (χ1v) is 12.3. The summed E-state index contributed by atoms with van der Waals surface area (Å²) in [4.78, 5) is 26.8. The predicted octanol–water partition coefficient (Wildman–Crippen LogP) is 3.23. The van der Waals surface area contributed by atoms with Gasteiger partial charge in [-0.1, -0.05) is 48.5 Å². The lowest BCUT2D eigenvalue weighted by Gasteiger charge is -2.34. The summed E-state index contributed by atoms with van der Waals surface area (Å²) in [6, 6.07) is 24.7. The molecule has 0 spiro atoms. The van der Waals surface area contributed by atoms with Gasteiger partial charge in [-0.25, -0.2) is 8.42 Å². The maximum Gasteiger partial charge on any atom is 0.255 e. The zero-order valence-corrected chi connectivity index (χ0v) is 18.9. The van der Waals surface area contributed by atoms with Gasteiger partial charge in [-0.05, 0) is 42.0 Å². The first-order valence-electron chi connectivity index (χ1n) is 10.7. The first kappa shape index (κ1) is 22.7. The standard InChI is InChI=1S/C25H25N3O4S/c29-24(21-9-5-2-6-10-21)26-23-13-11-22(12-14-23)25(30)27-15-17-28(18-16-27)33(31,32)19-20-7-3-1-4-8-20/h1-14H,15-19H2,(H,26,29). The van der Waals surface area contributed by atoms with E-state index in [0.717, 1.165) is 5.56 Å². The van der Waals surface area contributed by atoms with Crippen molar-refractivity contribution in [1.82, 2.24) is 9.21 Å². The molecule has 2 amide bonds. The largest absolute Gasteiger partial charge is 0.336 e. The van der Waals surface area contributed by atoms with Crippen LogP contribution in [0.5, 0.6) is 0 Å². The van der Waals surface area contributed by atoms with Crippen LogP contribution in [0.1, 0.15) is 26.3 Å². The van der Waals surface area contributed by atoms with Crippen LogP contribution in [0.3, 0.4) is 0 Å². The summed E-state index contributed by atoms with van der Waals surface area (Å²) >= 11 is 0. The molecule has 3 aromatic rings. The van der Waals surface area contributed by atoms with E-state index < -0.39 is 10.0 Å². The van der Waals surface area contributed by atoms with E-state index in [1.165, 1.54) is 4.31 Å². The first-order chi connectivity index (χ1) is 15.9. The Kier molecular flexibility index (Phi) is 6.86. The fourth-order valence-corrected chi connectivity index (χ4v) is 5.23. The quantitative estimate of drug-likeness (QED) is 0.608. The zero-order chi connectivity index (χ0) is 23.3. The molecule has 0 aromatic heterocycles. The molecule has 33 heavy (non-hydrogen) atoms. The van der Waals surface area contributed by atoms with Crippen LogP contribution >= 0.6 is 0 Å². The van der Waals surface area contributed by atoms with Crippen molar-refractivity contribution in [3.05, 3.63) is 102 Å². The summed E-state index contributed by atoms with van der Waals surface area (Å²) in [6.45, 7) is 1.21. The van der Waals surface area contributed by atoms with Crippen molar-refractivity contribution in [1.29, 1.82) is 0 Å². The van der Waals surface area contributed by atoms with E-state index in [1.807, 2.05) is 24.3 Å². The van der Waals surface area contributed by atoms with E-state index in [-0.39, 0.29) is 30.7 Å². The molecule has 1 N–H and O–H groups in total. The molecule has 1 aliphatic rings. The van der Waals surface area contributed by atoms with Crippen LogP contribution in [0, 0.1) is 0 Å². The van der Waals surface area contributed by atoms with Gasteiger partial charge in [0.1, 0.15) is 0 Å². The number of carbonyl (C=O) groups is 2. The minimum absolute atomic E-state index is 0.0437. The molecule has 1 heterocycles. The molecule has 1 saturated heterocycles. The summed E-state index contributed by atoms with van der Waals surface area (Å²) < 4.78 is 26.9. The van der Waals surface area contributed by atoms with Crippen LogP contribution in [-0.2, 0) is 15.8 Å². The molecule has 8 heteroatoms. The molecule has 1 fully saturated rings. The molecule has 170 valence electrons. The van der Waals surface area contributed by atoms with Gasteiger partial charge in [0.05, 0.1) is 5.75 Å². The highest BCUT2D eigenvalue weighted by Gasteiger charge is 2.29. The number of nitrogens with one attached hydrogen (secondary N) is 1. The van der Waals surface area contributed by atoms with Gasteiger partial charge in [0.25, 0.3) is 11.8 Å². The van der Waals surface area contributed by atoms with E-state index in [1.54, 1.807) is 65.6 Å². The summed E-state index contributed by atoms with van der Waals surface area (Å²) in [6.07, 6.45) is 0. The molecule has 1 aliphatic heterocycles. The van der Waals surface area contributed by atoms with Crippen LogP contribution in [0.4, 0.5) is 5.69 Å². The van der Waals surface area contributed by atoms with E-state index in [4.69, 9.17) is 0 Å². The van der Waals surface area contributed by atoms with Crippen molar-refractivity contribution in [2.45, 2.75) is 5.75 Å². The molecular formula is C25H25N3O4S. The van der Waals surface area contributed by atoms with Crippen LogP contribution in [-0.4, -0.2) is 55.6 Å². The second kappa shape index (κ2) is 9.97. The predicted molar refractivity (Wildman–Crippen MR) is 127 cm³/mol. The van der Waals surface area contributed by atoms with E-state index in [0.29, 0.717) is 29.9 Å². The molecule has 0 radical (unpaired) electrons. The average Bonchev–Trinajstić information content (AvgIpc) is 2.85. The third-order valence-electron chi connectivity index (χ3n) is 5.54. The summed E-state index contributed by atoms with van der Waals surface area (Å²) in [5.74, 6) is -0.420. The lowest BCUT2D eigenvalue weighted by atomic mass is 10.1. The topological polar surface area (TPSA) is 86.8 Å². The Balaban J connectivity index is 1.32. The lowest BCUT2D eigenvalue weighted by molar-refractivity contribution is 0.0697. The van der Waals surface area contributed by atoms with Crippen molar-refractivity contribution in [2.75, 3.05) is 31.5 Å². The highest BCUT2D eigenvalue weighted by molar-refractivity contribution is 7.88. The number of sulfonamides is 1. The average molecular weight is 464 g/mol. The van der Waals surface area contributed by atoms with E-state index >= 15 is 0 Å². The number of amides is 2. The molecule has 4 rings (SSSR count). The van der Waals surface area contributed by atoms with Crippen molar-refractivity contribution < 1.29 is 18.0 Å². The second-order valence-corrected chi connectivity index (χ2v) is 9.80. The molecule has 3 aromatic carbocycles. The smallest absolute Gasteiger partial charge is 0.255 e. The fourth-order valence-electron chi connectivity index (χ4n) is 3.72. The normalized spacial score (nSPS) is 14.6. The monoisotopic (exact) mass is 463 g/mol. The minimum atomic E-state index is -3.44. The highest BCUT2D eigenvalue weighted by atomic mass is 32.2. The lowest BCUT2D eigenvalue weighted by Crippen LogP contribution is -2.50. The van der Waals surface area contributed by atoms with Crippen molar-refractivity contribution >= 4 is 27.5 Å². The number of hydrogen-bond donors (Lipinski definition) is 1. The Bertz CT molecular complexity index is 1210. The van der Waals surface area contributed by atoms with Crippen LogP contribution < -0.4 is 5.32 Å². The van der Waals surface area contributed by atoms with Crippen molar-refractivity contribution in [3.63, 3.8) is 0 Å². The van der Waals surface area contributed by atoms with Gasteiger partial charge in [0, 0.05) is 43.0 Å². The second-order valence-electron chi connectivity index (χ2n) is 7.83. The Labute approximate surface area is 193 Å². The van der Waals surface area contributed by atoms with Crippen LogP contribution in [0.15, 0.2) is 84.9 Å².